The van der Waals surface area contributed by atoms with Gasteiger partial charge in [0.05, 0.1) is 0 Å². The molecule has 1 saturated carbocycles. The highest BCUT2D eigenvalue weighted by Gasteiger charge is 2.29. The molecule has 0 heterocycles. The van der Waals surface area contributed by atoms with Crippen LogP contribution >= 0.6 is 0 Å². The van der Waals surface area contributed by atoms with Crippen molar-refractivity contribution < 1.29 is 9.53 Å². The van der Waals surface area contributed by atoms with Crippen molar-refractivity contribution in [2.75, 3.05) is 6.67 Å². The van der Waals surface area contributed by atoms with Crippen LogP contribution in [-0.2, 0) is 4.74 Å². The van der Waals surface area contributed by atoms with Crippen LogP contribution < -0.4 is 0 Å². The van der Waals surface area contributed by atoms with Crippen molar-refractivity contribution in [3.05, 3.63) is 10.4 Å². The summed E-state index contributed by atoms with van der Waals surface area (Å²) in [6.07, 6.45) is 4.95. The maximum Gasteiger partial charge on any atom is 0.410 e. The van der Waals surface area contributed by atoms with E-state index in [9.17, 15) is 4.79 Å². The van der Waals surface area contributed by atoms with Crippen LogP contribution in [0.15, 0.2) is 5.11 Å². The predicted octanol–water partition coefficient (Wildman–Crippen LogP) is 3.82. The van der Waals surface area contributed by atoms with Gasteiger partial charge in [-0.25, -0.2) is 4.79 Å². The molecule has 0 unspecified atom stereocenters. The lowest BCUT2D eigenvalue weighted by Gasteiger charge is -2.35. The summed E-state index contributed by atoms with van der Waals surface area (Å²) in [6, 6.07) is 0. The van der Waals surface area contributed by atoms with Crippen molar-refractivity contribution in [2.45, 2.75) is 64.5 Å². The molecule has 6 nitrogen and oxygen atoms in total. The summed E-state index contributed by atoms with van der Waals surface area (Å²) in [5.41, 5.74) is 7.95. The quantitative estimate of drug-likeness (QED) is 0.436. The van der Waals surface area contributed by atoms with Crippen molar-refractivity contribution in [2.24, 2.45) is 5.11 Å². The van der Waals surface area contributed by atoms with E-state index in [0.29, 0.717) is 0 Å². The van der Waals surface area contributed by atoms with Gasteiger partial charge >= 0.3 is 6.09 Å². The second kappa shape index (κ2) is 6.50. The summed E-state index contributed by atoms with van der Waals surface area (Å²) in [5.74, 6) is 0. The number of carbonyl (C=O) groups is 1. The van der Waals surface area contributed by atoms with E-state index in [1.54, 1.807) is 0 Å². The van der Waals surface area contributed by atoms with Crippen LogP contribution in [0.25, 0.3) is 10.4 Å². The van der Waals surface area contributed by atoms with Gasteiger partial charge in [-0.3, -0.25) is 4.90 Å². The summed E-state index contributed by atoms with van der Waals surface area (Å²) in [6.45, 7) is 5.68. The lowest BCUT2D eigenvalue weighted by molar-refractivity contribution is 0.0253. The van der Waals surface area contributed by atoms with E-state index in [4.69, 9.17) is 10.3 Å². The smallest absolute Gasteiger partial charge is 0.410 e. The summed E-state index contributed by atoms with van der Waals surface area (Å²) in [4.78, 5) is 16.2. The summed E-state index contributed by atoms with van der Waals surface area (Å²) >= 11 is 0. The minimum atomic E-state index is -0.417. The predicted molar refractivity (Wildman–Crippen MR) is 69.0 cm³/mol. The maximum atomic E-state index is 12.1. The number of amides is 1. The molecule has 6 heteroatoms. The first-order chi connectivity index (χ1) is 8.45. The zero-order valence-corrected chi connectivity index (χ0v) is 11.4. The monoisotopic (exact) mass is 254 g/mol. The molecular weight excluding hydrogens is 232 g/mol. The molecule has 1 fully saturated rings. The summed E-state index contributed by atoms with van der Waals surface area (Å²) in [7, 11) is 0. The van der Waals surface area contributed by atoms with Crippen molar-refractivity contribution in [1.82, 2.24) is 4.90 Å². The van der Waals surface area contributed by atoms with Gasteiger partial charge in [-0.1, -0.05) is 11.5 Å². The van der Waals surface area contributed by atoms with Gasteiger partial charge in [0.1, 0.15) is 12.8 Å². The lowest BCUT2D eigenvalue weighted by atomic mass is 9.98. The molecule has 102 valence electrons. The largest absolute Gasteiger partial charge is 0.446 e. The topological polar surface area (TPSA) is 78.3 Å². The summed E-state index contributed by atoms with van der Waals surface area (Å²) in [5, 5.41) is 3.46. The van der Waals surface area contributed by atoms with Crippen LogP contribution in [0.4, 0.5) is 4.79 Å². The van der Waals surface area contributed by atoms with Crippen LogP contribution in [0.5, 0.6) is 0 Å². The Bertz CT molecular complexity index is 325. The molecule has 0 radical (unpaired) electrons. The van der Waals surface area contributed by atoms with Gasteiger partial charge in [0.25, 0.3) is 0 Å². The van der Waals surface area contributed by atoms with Crippen molar-refractivity contribution in [3.8, 4) is 0 Å². The van der Waals surface area contributed by atoms with Gasteiger partial charge in [0.2, 0.25) is 0 Å². The Morgan fingerprint density at radius 2 is 2.00 bits per heavy atom. The van der Waals surface area contributed by atoms with Crippen LogP contribution in [-0.4, -0.2) is 29.3 Å². The van der Waals surface area contributed by atoms with Gasteiger partial charge in [0, 0.05) is 10.5 Å². The molecule has 0 aromatic rings. The fourth-order valence-electron chi connectivity index (χ4n) is 2.02. The number of azide groups is 1. The number of hydrogen-bond donors (Lipinski definition) is 0. The minimum Gasteiger partial charge on any atom is -0.446 e. The molecule has 0 spiro atoms. The average molecular weight is 254 g/mol. The van der Waals surface area contributed by atoms with E-state index in [1.165, 1.54) is 11.3 Å². The highest BCUT2D eigenvalue weighted by atomic mass is 16.6. The Balaban J connectivity index is 2.60. The highest BCUT2D eigenvalue weighted by Crippen LogP contribution is 2.23. The Hall–Kier alpha value is -1.42. The Morgan fingerprint density at radius 1 is 1.39 bits per heavy atom. The molecule has 0 bridgehead atoms. The molecule has 1 rings (SSSR count). The zero-order chi connectivity index (χ0) is 13.6. The van der Waals surface area contributed by atoms with Gasteiger partial charge < -0.3 is 4.74 Å². The molecule has 1 aliphatic rings. The number of hydrogen-bond acceptors (Lipinski definition) is 3. The molecule has 18 heavy (non-hydrogen) atoms. The SMILES string of the molecule is CC(C)(C)N(CN=[N+]=[N-])C(=O)OC1CCCCC1. The molecule has 1 aliphatic carbocycles. The Morgan fingerprint density at radius 3 is 2.50 bits per heavy atom. The Kier molecular flexibility index (Phi) is 5.28. The Labute approximate surface area is 108 Å². The lowest BCUT2D eigenvalue weighted by Crippen LogP contribution is -2.47. The molecule has 0 aromatic heterocycles. The molecule has 0 N–H and O–H groups in total. The van der Waals surface area contributed by atoms with Crippen LogP contribution in [0, 0.1) is 0 Å². The first-order valence-electron chi connectivity index (χ1n) is 6.44. The molecular formula is C12H22N4O2. The first kappa shape index (κ1) is 14.6. The molecule has 0 atom stereocenters. The minimum absolute atomic E-state index is 0.00551. The second-order valence-corrected chi connectivity index (χ2v) is 5.61. The fraction of sp³-hybridized carbons (Fsp3) is 0.917. The van der Waals surface area contributed by atoms with E-state index in [-0.39, 0.29) is 18.9 Å². The van der Waals surface area contributed by atoms with Crippen molar-refractivity contribution >= 4 is 6.09 Å². The van der Waals surface area contributed by atoms with Gasteiger partial charge in [-0.15, -0.1) is 0 Å². The fourth-order valence-corrected chi connectivity index (χ4v) is 2.02. The third-order valence-corrected chi connectivity index (χ3v) is 3.12. The number of nitrogens with zero attached hydrogens (tertiary/aromatic N) is 4. The highest BCUT2D eigenvalue weighted by molar-refractivity contribution is 5.68. The van der Waals surface area contributed by atoms with Gasteiger partial charge in [-0.2, -0.15) is 0 Å². The van der Waals surface area contributed by atoms with Crippen LogP contribution in [0.2, 0.25) is 0 Å². The van der Waals surface area contributed by atoms with Crippen LogP contribution in [0.3, 0.4) is 0 Å². The normalized spacial score (nSPS) is 16.8. The van der Waals surface area contributed by atoms with E-state index in [2.05, 4.69) is 10.0 Å². The number of ether oxygens (including phenoxy) is 1. The molecule has 1 amide bonds. The second-order valence-electron chi connectivity index (χ2n) is 5.61. The van der Waals surface area contributed by atoms with Gasteiger partial charge in [-0.05, 0) is 52.0 Å². The third kappa shape index (κ3) is 4.45. The van der Waals surface area contributed by atoms with Crippen molar-refractivity contribution in [3.63, 3.8) is 0 Å². The summed E-state index contributed by atoms with van der Waals surface area (Å²) < 4.78 is 5.48. The maximum absolute atomic E-state index is 12.1. The van der Waals surface area contributed by atoms with E-state index < -0.39 is 5.54 Å². The van der Waals surface area contributed by atoms with E-state index >= 15 is 0 Å². The zero-order valence-electron chi connectivity index (χ0n) is 11.4. The number of carbonyl (C=O) groups excluding carboxylic acids is 1. The first-order valence-corrected chi connectivity index (χ1v) is 6.44. The number of rotatable bonds is 3. The van der Waals surface area contributed by atoms with Crippen LogP contribution in [0.1, 0.15) is 52.9 Å². The molecule has 0 aliphatic heterocycles. The molecule has 0 saturated heterocycles. The van der Waals surface area contributed by atoms with E-state index in [1.807, 2.05) is 20.8 Å². The third-order valence-electron chi connectivity index (χ3n) is 3.12. The van der Waals surface area contributed by atoms with Gasteiger partial charge in [0.15, 0.2) is 0 Å². The molecule has 0 aromatic carbocycles. The van der Waals surface area contributed by atoms with E-state index in [0.717, 1.165) is 25.7 Å². The standard InChI is InChI=1S/C12H22N4O2/c1-12(2,3)16(9-14-15-13)11(17)18-10-7-5-4-6-8-10/h10H,4-9H2,1-3H3. The van der Waals surface area contributed by atoms with Crippen molar-refractivity contribution in [1.29, 1.82) is 0 Å². The average Bonchev–Trinajstić information content (AvgIpc) is 2.29.